The average molecular weight is 334 g/mol. The van der Waals surface area contributed by atoms with E-state index in [1.54, 1.807) is 24.3 Å². The molecule has 0 saturated heterocycles. The van der Waals surface area contributed by atoms with Crippen LogP contribution in [0.15, 0.2) is 24.3 Å². The number of phenols is 2. The smallest absolute Gasteiger partial charge is 0.126 e. The van der Waals surface area contributed by atoms with E-state index in [9.17, 15) is 30.6 Å². The summed E-state index contributed by atoms with van der Waals surface area (Å²) in [5, 5.41) is 57.4. The van der Waals surface area contributed by atoms with Crippen molar-refractivity contribution in [2.75, 3.05) is 0 Å². The van der Waals surface area contributed by atoms with Gasteiger partial charge in [0, 0.05) is 28.2 Å². The highest BCUT2D eigenvalue weighted by atomic mass is 16.3. The molecule has 0 unspecified atom stereocenters. The number of hydrogen-bond acceptors (Lipinski definition) is 6. The quantitative estimate of drug-likeness (QED) is 0.472. The fourth-order valence-corrected chi connectivity index (χ4v) is 2.75. The van der Waals surface area contributed by atoms with Crippen molar-refractivity contribution < 1.29 is 30.6 Å². The Morgan fingerprint density at radius 2 is 0.875 bits per heavy atom. The first-order valence-corrected chi connectivity index (χ1v) is 7.59. The van der Waals surface area contributed by atoms with Crippen LogP contribution >= 0.6 is 0 Å². The van der Waals surface area contributed by atoms with Gasteiger partial charge < -0.3 is 30.6 Å². The van der Waals surface area contributed by atoms with E-state index >= 15 is 0 Å². The van der Waals surface area contributed by atoms with Gasteiger partial charge in [0.15, 0.2) is 0 Å². The molecular formula is C18H22O6. The van der Waals surface area contributed by atoms with Gasteiger partial charge in [-0.2, -0.15) is 0 Å². The molecule has 2 aromatic carbocycles. The van der Waals surface area contributed by atoms with Gasteiger partial charge in [-0.25, -0.2) is 0 Å². The van der Waals surface area contributed by atoms with Gasteiger partial charge in [0.05, 0.1) is 26.4 Å². The first-order chi connectivity index (χ1) is 11.5. The molecule has 0 saturated carbocycles. The Kier molecular flexibility index (Phi) is 5.80. The standard InChI is InChI=1S/C18H22O6/c1-10(11-2-13(6-19)17(23)14(3-11)7-20)12-4-15(8-21)18(24)16(5-12)9-22/h2-5,10,19-24H,6-9H2,1H3. The van der Waals surface area contributed by atoms with Gasteiger partial charge in [-0.1, -0.05) is 6.92 Å². The molecule has 6 heteroatoms. The second-order valence-corrected chi connectivity index (χ2v) is 5.73. The van der Waals surface area contributed by atoms with Crippen LogP contribution in [0.25, 0.3) is 0 Å². The molecule has 0 amide bonds. The number of aliphatic hydroxyl groups is 4. The third-order valence-electron chi connectivity index (χ3n) is 4.26. The highest BCUT2D eigenvalue weighted by molar-refractivity contribution is 5.49. The highest BCUT2D eigenvalue weighted by Gasteiger charge is 2.17. The van der Waals surface area contributed by atoms with Crippen LogP contribution in [0.3, 0.4) is 0 Å². The monoisotopic (exact) mass is 334 g/mol. The third kappa shape index (κ3) is 3.37. The molecule has 6 nitrogen and oxygen atoms in total. The van der Waals surface area contributed by atoms with E-state index in [-0.39, 0.29) is 43.8 Å². The maximum absolute atomic E-state index is 9.95. The van der Waals surface area contributed by atoms with Crippen LogP contribution in [0.1, 0.15) is 46.2 Å². The van der Waals surface area contributed by atoms with E-state index in [4.69, 9.17) is 0 Å². The third-order valence-corrected chi connectivity index (χ3v) is 4.26. The Hall–Kier alpha value is -2.12. The van der Waals surface area contributed by atoms with Crippen LogP contribution in [0, 0.1) is 0 Å². The lowest BCUT2D eigenvalue weighted by molar-refractivity contribution is 0.263. The van der Waals surface area contributed by atoms with Crippen LogP contribution < -0.4 is 0 Å². The van der Waals surface area contributed by atoms with Crippen LogP contribution in [-0.2, 0) is 26.4 Å². The topological polar surface area (TPSA) is 121 Å². The van der Waals surface area contributed by atoms with Gasteiger partial charge in [-0.15, -0.1) is 0 Å². The predicted molar refractivity (Wildman–Crippen MR) is 87.4 cm³/mol. The minimum Gasteiger partial charge on any atom is -0.507 e. The molecule has 0 radical (unpaired) electrons. The lowest BCUT2D eigenvalue weighted by Gasteiger charge is -2.19. The van der Waals surface area contributed by atoms with Crippen molar-refractivity contribution in [3.63, 3.8) is 0 Å². The largest absolute Gasteiger partial charge is 0.507 e. The van der Waals surface area contributed by atoms with Gasteiger partial charge in [-0.3, -0.25) is 0 Å². The molecule has 130 valence electrons. The van der Waals surface area contributed by atoms with Crippen molar-refractivity contribution in [3.05, 3.63) is 57.6 Å². The predicted octanol–water partition coefficient (Wildman–Crippen LogP) is 1.22. The number of aromatic hydroxyl groups is 2. The average Bonchev–Trinajstić information content (AvgIpc) is 2.61. The Bertz CT molecular complexity index is 614. The van der Waals surface area contributed by atoms with Crippen molar-refractivity contribution in [1.82, 2.24) is 0 Å². The molecule has 2 aromatic rings. The van der Waals surface area contributed by atoms with E-state index in [2.05, 4.69) is 0 Å². The van der Waals surface area contributed by atoms with Crippen molar-refractivity contribution in [2.45, 2.75) is 39.3 Å². The van der Waals surface area contributed by atoms with Crippen LogP contribution in [0.5, 0.6) is 11.5 Å². The number of aliphatic hydroxyl groups excluding tert-OH is 4. The summed E-state index contributed by atoms with van der Waals surface area (Å²) < 4.78 is 0. The van der Waals surface area contributed by atoms with Crippen molar-refractivity contribution in [1.29, 1.82) is 0 Å². The fourth-order valence-electron chi connectivity index (χ4n) is 2.75. The summed E-state index contributed by atoms with van der Waals surface area (Å²) in [5.41, 5.74) is 2.75. The molecule has 0 fully saturated rings. The second kappa shape index (κ2) is 7.63. The fraction of sp³-hybridized carbons (Fsp3) is 0.333. The maximum Gasteiger partial charge on any atom is 0.126 e. The summed E-state index contributed by atoms with van der Waals surface area (Å²) in [7, 11) is 0. The molecular weight excluding hydrogens is 312 g/mol. The summed E-state index contributed by atoms with van der Waals surface area (Å²) in [6.07, 6.45) is 0. The Morgan fingerprint density at radius 3 is 1.08 bits per heavy atom. The highest BCUT2D eigenvalue weighted by Crippen LogP contribution is 2.34. The molecule has 0 aliphatic carbocycles. The molecule has 6 N–H and O–H groups in total. The lowest BCUT2D eigenvalue weighted by Crippen LogP contribution is -2.03. The molecule has 0 spiro atoms. The van der Waals surface area contributed by atoms with Gasteiger partial charge >= 0.3 is 0 Å². The zero-order chi connectivity index (χ0) is 17.9. The Morgan fingerprint density at radius 1 is 0.625 bits per heavy atom. The summed E-state index contributed by atoms with van der Waals surface area (Å²) in [4.78, 5) is 0. The molecule has 0 aliphatic rings. The number of rotatable bonds is 6. The van der Waals surface area contributed by atoms with Crippen LogP contribution in [0.2, 0.25) is 0 Å². The number of hydrogen-bond donors (Lipinski definition) is 6. The summed E-state index contributed by atoms with van der Waals surface area (Å²) in [5.74, 6) is -0.472. The van der Waals surface area contributed by atoms with E-state index in [0.717, 1.165) is 11.1 Å². The van der Waals surface area contributed by atoms with E-state index in [1.807, 2.05) is 6.92 Å². The first kappa shape index (κ1) is 18.2. The first-order valence-electron chi connectivity index (χ1n) is 7.59. The van der Waals surface area contributed by atoms with E-state index < -0.39 is 0 Å². The zero-order valence-corrected chi connectivity index (χ0v) is 13.4. The molecule has 0 heterocycles. The second-order valence-electron chi connectivity index (χ2n) is 5.73. The molecule has 24 heavy (non-hydrogen) atoms. The van der Waals surface area contributed by atoms with Crippen molar-refractivity contribution in [2.24, 2.45) is 0 Å². The normalized spacial score (nSPS) is 11.2. The molecule has 0 aliphatic heterocycles. The maximum atomic E-state index is 9.95. The molecule has 0 bridgehead atoms. The molecule has 2 rings (SSSR count). The van der Waals surface area contributed by atoms with Gasteiger partial charge in [0.1, 0.15) is 11.5 Å². The van der Waals surface area contributed by atoms with Crippen LogP contribution in [-0.4, -0.2) is 30.6 Å². The zero-order valence-electron chi connectivity index (χ0n) is 13.4. The van der Waals surface area contributed by atoms with Gasteiger partial charge in [0.25, 0.3) is 0 Å². The summed E-state index contributed by atoms with van der Waals surface area (Å²) in [6.45, 7) is 0.429. The minimum atomic E-state index is -0.362. The SMILES string of the molecule is CC(c1cc(CO)c(O)c(CO)c1)c1cc(CO)c(O)c(CO)c1. The molecule has 0 atom stereocenters. The summed E-state index contributed by atoms with van der Waals surface area (Å²) >= 11 is 0. The Balaban J connectivity index is 2.54. The lowest BCUT2D eigenvalue weighted by atomic mass is 9.88. The minimum absolute atomic E-state index is 0.131. The Labute approximate surface area is 139 Å². The van der Waals surface area contributed by atoms with E-state index in [0.29, 0.717) is 22.3 Å². The van der Waals surface area contributed by atoms with E-state index in [1.165, 1.54) is 0 Å². The van der Waals surface area contributed by atoms with Crippen molar-refractivity contribution in [3.8, 4) is 11.5 Å². The van der Waals surface area contributed by atoms with Crippen molar-refractivity contribution >= 4 is 0 Å². The van der Waals surface area contributed by atoms with Gasteiger partial charge in [-0.05, 0) is 35.4 Å². The van der Waals surface area contributed by atoms with Crippen LogP contribution in [0.4, 0.5) is 0 Å². The molecule has 0 aromatic heterocycles. The van der Waals surface area contributed by atoms with Gasteiger partial charge in [0.2, 0.25) is 0 Å². The summed E-state index contributed by atoms with van der Waals surface area (Å²) in [6, 6.07) is 6.57. The number of benzene rings is 2.